The Morgan fingerprint density at radius 2 is 2.22 bits per heavy atom. The van der Waals surface area contributed by atoms with Crippen LogP contribution >= 0.6 is 11.6 Å². The largest absolute Gasteiger partial charge is 0.376 e. The molecule has 0 saturated heterocycles. The Morgan fingerprint density at radius 1 is 1.61 bits per heavy atom. The molecule has 1 unspecified atom stereocenters. The first-order chi connectivity index (χ1) is 8.29. The van der Waals surface area contributed by atoms with Crippen LogP contribution in [0.1, 0.15) is 27.2 Å². The van der Waals surface area contributed by atoms with E-state index in [0.717, 1.165) is 6.42 Å². The number of halogens is 1. The molecule has 1 aromatic rings. The van der Waals surface area contributed by atoms with E-state index in [9.17, 15) is 4.79 Å². The second-order valence-electron chi connectivity index (χ2n) is 5.29. The van der Waals surface area contributed by atoms with Crippen molar-refractivity contribution in [2.24, 2.45) is 18.7 Å². The van der Waals surface area contributed by atoms with E-state index < -0.39 is 0 Å². The fourth-order valence-electron chi connectivity index (χ4n) is 2.01. The van der Waals surface area contributed by atoms with Crippen LogP contribution in [0.5, 0.6) is 0 Å². The summed E-state index contributed by atoms with van der Waals surface area (Å²) in [5, 5.41) is 7.34. The van der Waals surface area contributed by atoms with E-state index in [1.807, 2.05) is 6.92 Å². The number of rotatable bonds is 5. The van der Waals surface area contributed by atoms with Gasteiger partial charge in [0.25, 0.3) is 5.56 Å². The molecular formula is C12H21ClN4O. The highest BCUT2D eigenvalue weighted by Crippen LogP contribution is 2.24. The quantitative estimate of drug-likeness (QED) is 0.854. The molecule has 102 valence electrons. The van der Waals surface area contributed by atoms with Crippen molar-refractivity contribution in [3.63, 3.8) is 0 Å². The maximum atomic E-state index is 11.7. The van der Waals surface area contributed by atoms with Crippen LogP contribution in [0, 0.1) is 5.92 Å². The van der Waals surface area contributed by atoms with Crippen LogP contribution in [-0.4, -0.2) is 21.9 Å². The van der Waals surface area contributed by atoms with Gasteiger partial charge >= 0.3 is 0 Å². The molecule has 0 spiro atoms. The Bertz CT molecular complexity index is 472. The number of nitrogens with one attached hydrogen (secondary N) is 1. The molecule has 0 radical (unpaired) electrons. The minimum atomic E-state index is -0.314. The van der Waals surface area contributed by atoms with Gasteiger partial charge in [-0.1, -0.05) is 25.4 Å². The number of anilines is 1. The predicted octanol–water partition coefficient (Wildman–Crippen LogP) is 1.61. The molecule has 18 heavy (non-hydrogen) atoms. The number of nitrogens with two attached hydrogens (primary N) is 1. The SMILES string of the molecule is CC(C)CC(C)(CN)Nc1cnn(C)c(=O)c1Cl. The van der Waals surface area contributed by atoms with Gasteiger partial charge in [-0.15, -0.1) is 0 Å². The van der Waals surface area contributed by atoms with Gasteiger partial charge in [-0.25, -0.2) is 4.68 Å². The predicted molar refractivity (Wildman–Crippen MR) is 75.0 cm³/mol. The van der Waals surface area contributed by atoms with Crippen LogP contribution in [-0.2, 0) is 7.05 Å². The maximum absolute atomic E-state index is 11.7. The molecule has 6 heteroatoms. The zero-order valence-corrected chi connectivity index (χ0v) is 12.1. The lowest BCUT2D eigenvalue weighted by molar-refractivity contribution is 0.406. The van der Waals surface area contributed by atoms with Gasteiger partial charge in [0.2, 0.25) is 0 Å². The topological polar surface area (TPSA) is 72.9 Å². The van der Waals surface area contributed by atoms with Gasteiger partial charge in [0.05, 0.1) is 11.9 Å². The van der Waals surface area contributed by atoms with E-state index in [-0.39, 0.29) is 16.1 Å². The van der Waals surface area contributed by atoms with Crippen LogP contribution < -0.4 is 16.6 Å². The zero-order chi connectivity index (χ0) is 13.9. The first-order valence-corrected chi connectivity index (χ1v) is 6.37. The summed E-state index contributed by atoms with van der Waals surface area (Å²) < 4.78 is 1.20. The van der Waals surface area contributed by atoms with Crippen molar-refractivity contribution in [1.29, 1.82) is 0 Å². The van der Waals surface area contributed by atoms with Crippen molar-refractivity contribution >= 4 is 17.3 Å². The van der Waals surface area contributed by atoms with Gasteiger partial charge in [-0.05, 0) is 19.3 Å². The molecule has 1 rings (SSSR count). The second kappa shape index (κ2) is 5.71. The molecular weight excluding hydrogens is 252 g/mol. The van der Waals surface area contributed by atoms with Crippen LogP contribution in [0.3, 0.4) is 0 Å². The molecule has 3 N–H and O–H groups in total. The smallest absolute Gasteiger partial charge is 0.287 e. The number of hydrogen-bond acceptors (Lipinski definition) is 4. The van der Waals surface area contributed by atoms with Crippen molar-refractivity contribution in [2.45, 2.75) is 32.7 Å². The lowest BCUT2D eigenvalue weighted by Gasteiger charge is -2.32. The molecule has 5 nitrogen and oxygen atoms in total. The molecule has 1 aromatic heterocycles. The monoisotopic (exact) mass is 272 g/mol. The third-order valence-corrected chi connectivity index (χ3v) is 3.19. The van der Waals surface area contributed by atoms with E-state index in [4.69, 9.17) is 17.3 Å². The molecule has 0 amide bonds. The minimum absolute atomic E-state index is 0.149. The van der Waals surface area contributed by atoms with Gasteiger partial charge in [0.15, 0.2) is 0 Å². The second-order valence-corrected chi connectivity index (χ2v) is 5.67. The fraction of sp³-hybridized carbons (Fsp3) is 0.667. The van der Waals surface area contributed by atoms with Crippen molar-refractivity contribution < 1.29 is 0 Å². The summed E-state index contributed by atoms with van der Waals surface area (Å²) in [7, 11) is 1.56. The van der Waals surface area contributed by atoms with Crippen molar-refractivity contribution in [3.8, 4) is 0 Å². The third-order valence-electron chi connectivity index (χ3n) is 2.82. The molecule has 0 fully saturated rings. The highest BCUT2D eigenvalue weighted by molar-refractivity contribution is 6.32. The van der Waals surface area contributed by atoms with Gasteiger partial charge in [0.1, 0.15) is 5.02 Å². The number of aromatic nitrogens is 2. The van der Waals surface area contributed by atoms with Crippen LogP contribution in [0.25, 0.3) is 0 Å². The molecule has 0 aliphatic rings. The lowest BCUT2D eigenvalue weighted by atomic mass is 9.90. The molecule has 0 aliphatic carbocycles. The molecule has 0 saturated carbocycles. The summed E-state index contributed by atoms with van der Waals surface area (Å²) in [5.41, 5.74) is 5.73. The van der Waals surface area contributed by atoms with E-state index in [1.165, 1.54) is 4.68 Å². The molecule has 1 heterocycles. The number of nitrogens with zero attached hydrogens (tertiary/aromatic N) is 2. The van der Waals surface area contributed by atoms with Crippen molar-refractivity contribution in [2.75, 3.05) is 11.9 Å². The zero-order valence-electron chi connectivity index (χ0n) is 11.3. The number of hydrogen-bond donors (Lipinski definition) is 2. The first kappa shape index (κ1) is 15.0. The van der Waals surface area contributed by atoms with Crippen molar-refractivity contribution in [3.05, 3.63) is 21.6 Å². The Kier molecular flexibility index (Phi) is 4.76. The van der Waals surface area contributed by atoms with Gasteiger partial charge in [-0.2, -0.15) is 5.10 Å². The average molecular weight is 273 g/mol. The summed E-state index contributed by atoms with van der Waals surface area (Å²) >= 11 is 6.02. The minimum Gasteiger partial charge on any atom is -0.376 e. The average Bonchev–Trinajstić information content (AvgIpc) is 2.29. The summed E-state index contributed by atoms with van der Waals surface area (Å²) in [5.74, 6) is 0.490. The highest BCUT2D eigenvalue weighted by Gasteiger charge is 2.25. The van der Waals surface area contributed by atoms with E-state index >= 15 is 0 Å². The maximum Gasteiger partial charge on any atom is 0.287 e. The van der Waals surface area contributed by atoms with Crippen LogP contribution in [0.4, 0.5) is 5.69 Å². The van der Waals surface area contributed by atoms with Crippen LogP contribution in [0.2, 0.25) is 5.02 Å². The molecule has 0 aromatic carbocycles. The lowest BCUT2D eigenvalue weighted by Crippen LogP contribution is -2.44. The Hall–Kier alpha value is -1.07. The molecule has 0 aliphatic heterocycles. The van der Waals surface area contributed by atoms with Crippen LogP contribution in [0.15, 0.2) is 11.0 Å². The Labute approximate surface area is 112 Å². The van der Waals surface area contributed by atoms with Gasteiger partial charge in [0, 0.05) is 19.1 Å². The Balaban J connectivity index is 3.02. The third kappa shape index (κ3) is 3.46. The first-order valence-electron chi connectivity index (χ1n) is 5.99. The summed E-state index contributed by atoms with van der Waals surface area (Å²) in [6.07, 6.45) is 2.44. The standard InChI is InChI=1S/C12H21ClN4O/c1-8(2)5-12(3,7-14)16-9-6-15-17(4)11(18)10(9)13/h6,8,16H,5,7,14H2,1-4H3. The van der Waals surface area contributed by atoms with Crippen molar-refractivity contribution in [1.82, 2.24) is 9.78 Å². The fourth-order valence-corrected chi connectivity index (χ4v) is 2.23. The normalized spacial score (nSPS) is 14.6. The van der Waals surface area contributed by atoms with Gasteiger partial charge in [-0.3, -0.25) is 4.79 Å². The summed E-state index contributed by atoms with van der Waals surface area (Å²) in [6.45, 7) is 6.72. The number of aryl methyl sites for hydroxylation is 1. The Morgan fingerprint density at radius 3 is 2.72 bits per heavy atom. The van der Waals surface area contributed by atoms with E-state index in [2.05, 4.69) is 24.3 Å². The van der Waals surface area contributed by atoms with E-state index in [0.29, 0.717) is 18.2 Å². The van der Waals surface area contributed by atoms with E-state index in [1.54, 1.807) is 13.2 Å². The van der Waals surface area contributed by atoms with Gasteiger partial charge < -0.3 is 11.1 Å². The highest BCUT2D eigenvalue weighted by atomic mass is 35.5. The molecule has 0 bridgehead atoms. The summed E-state index contributed by atoms with van der Waals surface area (Å²) in [4.78, 5) is 11.7. The molecule has 1 atom stereocenters. The summed E-state index contributed by atoms with van der Waals surface area (Å²) in [6, 6.07) is 0.